The van der Waals surface area contributed by atoms with Crippen LogP contribution >= 0.6 is 0 Å². The zero-order valence-corrected chi connectivity index (χ0v) is 14.8. The van der Waals surface area contributed by atoms with Gasteiger partial charge >= 0.3 is 0 Å². The lowest BCUT2D eigenvalue weighted by atomic mass is 10.1. The highest BCUT2D eigenvalue weighted by molar-refractivity contribution is 7.93. The number of hydrogen-bond acceptors (Lipinski definition) is 4. The van der Waals surface area contributed by atoms with Gasteiger partial charge in [-0.25, -0.2) is 13.4 Å². The molecule has 0 atom stereocenters. The van der Waals surface area contributed by atoms with Crippen LogP contribution in [0.15, 0.2) is 65.7 Å². The number of nitrogens with one attached hydrogen (secondary N) is 1. The first-order valence-corrected chi connectivity index (χ1v) is 9.68. The molecule has 25 heavy (non-hydrogen) atoms. The summed E-state index contributed by atoms with van der Waals surface area (Å²) in [5.41, 5.74) is 0. The molecule has 130 valence electrons. The standard InChI is InChI=1S/C19H20N2O3S/c1-2-3-14-24-17-11-12-18(16-9-5-4-8-15(16)17)25(22,23)21-19-10-6-7-13-20-19/h4-13H,2-3,14H2,1H3,(H,20,21). The second-order valence-corrected chi connectivity index (χ2v) is 7.28. The third-order valence-corrected chi connectivity index (χ3v) is 5.21. The molecule has 0 amide bonds. The largest absolute Gasteiger partial charge is 0.493 e. The molecule has 0 saturated carbocycles. The molecule has 0 saturated heterocycles. The summed E-state index contributed by atoms with van der Waals surface area (Å²) in [6.07, 6.45) is 3.54. The number of ether oxygens (including phenoxy) is 1. The van der Waals surface area contributed by atoms with E-state index in [0.29, 0.717) is 17.7 Å². The van der Waals surface area contributed by atoms with Gasteiger partial charge in [0.2, 0.25) is 0 Å². The van der Waals surface area contributed by atoms with Crippen molar-refractivity contribution in [1.29, 1.82) is 0 Å². The van der Waals surface area contributed by atoms with Crippen molar-refractivity contribution >= 4 is 26.6 Å². The van der Waals surface area contributed by atoms with Gasteiger partial charge < -0.3 is 4.74 Å². The van der Waals surface area contributed by atoms with Crippen LogP contribution in [0.3, 0.4) is 0 Å². The van der Waals surface area contributed by atoms with Gasteiger partial charge in [0.05, 0.1) is 11.5 Å². The Morgan fingerprint density at radius 2 is 1.76 bits per heavy atom. The first-order chi connectivity index (χ1) is 12.1. The minimum absolute atomic E-state index is 0.205. The molecule has 2 aromatic carbocycles. The minimum atomic E-state index is -3.75. The Labute approximate surface area is 147 Å². The van der Waals surface area contributed by atoms with Crippen molar-refractivity contribution in [3.63, 3.8) is 0 Å². The molecule has 0 aliphatic carbocycles. The lowest BCUT2D eigenvalue weighted by Crippen LogP contribution is -2.14. The molecule has 0 aliphatic rings. The number of hydrogen-bond donors (Lipinski definition) is 1. The highest BCUT2D eigenvalue weighted by atomic mass is 32.2. The topological polar surface area (TPSA) is 68.3 Å². The maximum Gasteiger partial charge on any atom is 0.263 e. The van der Waals surface area contributed by atoms with E-state index < -0.39 is 10.0 Å². The molecule has 1 N–H and O–H groups in total. The van der Waals surface area contributed by atoms with Crippen molar-refractivity contribution in [1.82, 2.24) is 4.98 Å². The smallest absolute Gasteiger partial charge is 0.263 e. The van der Waals surface area contributed by atoms with Gasteiger partial charge in [0, 0.05) is 17.0 Å². The number of pyridine rings is 1. The maximum absolute atomic E-state index is 12.8. The third-order valence-electron chi connectivity index (χ3n) is 3.79. The van der Waals surface area contributed by atoms with E-state index in [-0.39, 0.29) is 10.7 Å². The number of benzene rings is 2. The summed E-state index contributed by atoms with van der Waals surface area (Å²) in [5.74, 6) is 0.982. The first kappa shape index (κ1) is 17.2. The minimum Gasteiger partial charge on any atom is -0.493 e. The highest BCUT2D eigenvalue weighted by Crippen LogP contribution is 2.31. The molecule has 3 aromatic rings. The van der Waals surface area contributed by atoms with Crippen LogP contribution in [0, 0.1) is 0 Å². The van der Waals surface area contributed by atoms with Crippen LogP contribution in [0.2, 0.25) is 0 Å². The number of sulfonamides is 1. The zero-order chi connectivity index (χ0) is 17.7. The molecule has 0 aliphatic heterocycles. The Bertz CT molecular complexity index is 957. The molecule has 0 unspecified atom stereocenters. The summed E-state index contributed by atoms with van der Waals surface area (Å²) in [6, 6.07) is 15.7. The average Bonchev–Trinajstić information content (AvgIpc) is 2.62. The number of anilines is 1. The first-order valence-electron chi connectivity index (χ1n) is 8.20. The summed E-state index contributed by atoms with van der Waals surface area (Å²) in [7, 11) is -3.75. The third kappa shape index (κ3) is 3.91. The quantitative estimate of drug-likeness (QED) is 0.644. The Balaban J connectivity index is 2.01. The van der Waals surface area contributed by atoms with E-state index >= 15 is 0 Å². The monoisotopic (exact) mass is 356 g/mol. The molecule has 1 aromatic heterocycles. The number of unbranched alkanes of at least 4 members (excludes halogenated alkanes) is 1. The van der Waals surface area contributed by atoms with Crippen LogP contribution in [-0.2, 0) is 10.0 Å². The van der Waals surface area contributed by atoms with Gasteiger partial charge in [-0.05, 0) is 30.7 Å². The fraction of sp³-hybridized carbons (Fsp3) is 0.211. The molecule has 0 fully saturated rings. The van der Waals surface area contributed by atoms with E-state index in [0.717, 1.165) is 18.2 Å². The molecule has 6 heteroatoms. The van der Waals surface area contributed by atoms with E-state index in [1.54, 1.807) is 42.6 Å². The highest BCUT2D eigenvalue weighted by Gasteiger charge is 2.19. The number of aromatic nitrogens is 1. The van der Waals surface area contributed by atoms with Gasteiger partial charge in [-0.3, -0.25) is 4.72 Å². The fourth-order valence-corrected chi connectivity index (χ4v) is 3.77. The maximum atomic E-state index is 12.8. The molecule has 1 heterocycles. The normalized spacial score (nSPS) is 11.4. The summed E-state index contributed by atoms with van der Waals surface area (Å²) >= 11 is 0. The Kier molecular flexibility index (Phi) is 5.19. The van der Waals surface area contributed by atoms with Crippen LogP contribution in [-0.4, -0.2) is 20.0 Å². The number of fused-ring (bicyclic) bond motifs is 1. The van der Waals surface area contributed by atoms with Crippen LogP contribution in [0.25, 0.3) is 10.8 Å². The van der Waals surface area contributed by atoms with Gasteiger partial charge in [-0.15, -0.1) is 0 Å². The predicted octanol–water partition coefficient (Wildman–Crippen LogP) is 4.21. The molecule has 0 bridgehead atoms. The second kappa shape index (κ2) is 7.53. The average molecular weight is 356 g/mol. The second-order valence-electron chi connectivity index (χ2n) is 5.63. The lowest BCUT2D eigenvalue weighted by Gasteiger charge is -2.13. The fourth-order valence-electron chi connectivity index (χ4n) is 2.55. The van der Waals surface area contributed by atoms with Crippen molar-refractivity contribution < 1.29 is 13.2 Å². The SMILES string of the molecule is CCCCOc1ccc(S(=O)(=O)Nc2ccccn2)c2ccccc12. The van der Waals surface area contributed by atoms with Crippen molar-refractivity contribution in [3.05, 3.63) is 60.8 Å². The Hall–Kier alpha value is -2.60. The van der Waals surface area contributed by atoms with Crippen LogP contribution in [0.4, 0.5) is 5.82 Å². The van der Waals surface area contributed by atoms with Crippen LogP contribution in [0.1, 0.15) is 19.8 Å². The van der Waals surface area contributed by atoms with E-state index in [1.807, 2.05) is 18.2 Å². The van der Waals surface area contributed by atoms with Gasteiger partial charge in [0.25, 0.3) is 10.0 Å². The molecule has 0 spiro atoms. The number of nitrogens with zero attached hydrogens (tertiary/aromatic N) is 1. The lowest BCUT2D eigenvalue weighted by molar-refractivity contribution is 0.313. The molecule has 5 nitrogen and oxygen atoms in total. The summed E-state index contributed by atoms with van der Waals surface area (Å²) in [6.45, 7) is 2.71. The molecular formula is C19H20N2O3S. The predicted molar refractivity (Wildman–Crippen MR) is 99.4 cm³/mol. The van der Waals surface area contributed by atoms with E-state index in [2.05, 4.69) is 16.6 Å². The van der Waals surface area contributed by atoms with Crippen LogP contribution in [0.5, 0.6) is 5.75 Å². The molecule has 3 rings (SSSR count). The van der Waals surface area contributed by atoms with Gasteiger partial charge in [-0.1, -0.05) is 43.7 Å². The zero-order valence-electron chi connectivity index (χ0n) is 14.0. The van der Waals surface area contributed by atoms with Crippen molar-refractivity contribution in [3.8, 4) is 5.75 Å². The van der Waals surface area contributed by atoms with E-state index in [1.165, 1.54) is 0 Å². The summed E-state index contributed by atoms with van der Waals surface area (Å²) in [4.78, 5) is 4.23. The van der Waals surface area contributed by atoms with E-state index in [4.69, 9.17) is 4.74 Å². The molecule has 0 radical (unpaired) electrons. The number of rotatable bonds is 7. The van der Waals surface area contributed by atoms with Crippen molar-refractivity contribution in [2.24, 2.45) is 0 Å². The van der Waals surface area contributed by atoms with Crippen molar-refractivity contribution in [2.75, 3.05) is 11.3 Å². The van der Waals surface area contributed by atoms with E-state index in [9.17, 15) is 8.42 Å². The Morgan fingerprint density at radius 1 is 1.00 bits per heavy atom. The van der Waals surface area contributed by atoms with Gasteiger partial charge in [0.1, 0.15) is 11.6 Å². The molecular weight excluding hydrogens is 336 g/mol. The van der Waals surface area contributed by atoms with Gasteiger partial charge in [-0.2, -0.15) is 0 Å². The van der Waals surface area contributed by atoms with Gasteiger partial charge in [0.15, 0.2) is 0 Å². The summed E-state index contributed by atoms with van der Waals surface area (Å²) < 4.78 is 33.9. The summed E-state index contributed by atoms with van der Waals surface area (Å²) in [5, 5.41) is 1.41. The van der Waals surface area contributed by atoms with Crippen molar-refractivity contribution in [2.45, 2.75) is 24.7 Å². The Morgan fingerprint density at radius 3 is 2.48 bits per heavy atom. The van der Waals surface area contributed by atoms with Crippen LogP contribution < -0.4 is 9.46 Å².